The van der Waals surface area contributed by atoms with E-state index in [9.17, 15) is 14.9 Å². The third-order valence-corrected chi connectivity index (χ3v) is 3.02. The third-order valence-electron chi connectivity index (χ3n) is 2.07. The summed E-state index contributed by atoms with van der Waals surface area (Å²) in [6.45, 7) is 0. The molecule has 0 aliphatic heterocycles. The van der Waals surface area contributed by atoms with Gasteiger partial charge in [-0.1, -0.05) is 11.3 Å². The van der Waals surface area contributed by atoms with Crippen molar-refractivity contribution in [2.45, 2.75) is 6.42 Å². The molecule has 0 atom stereocenters. The summed E-state index contributed by atoms with van der Waals surface area (Å²) in [5.74, 6) is -0.453. The Kier molecular flexibility index (Phi) is 3.16. The molecule has 2 aromatic rings. The van der Waals surface area contributed by atoms with Crippen molar-refractivity contribution in [2.24, 2.45) is 0 Å². The van der Waals surface area contributed by atoms with Gasteiger partial charge in [0.1, 0.15) is 6.42 Å². The van der Waals surface area contributed by atoms with Gasteiger partial charge in [-0.05, 0) is 6.07 Å². The molecule has 1 aromatic carbocycles. The maximum Gasteiger partial charge on any atom is 0.271 e. The molecule has 0 saturated carbocycles. The highest BCUT2D eigenvalue weighted by molar-refractivity contribution is 7.22. The summed E-state index contributed by atoms with van der Waals surface area (Å²) in [6.07, 6.45) is -0.254. The minimum Gasteiger partial charge on any atom is -0.301 e. The zero-order valence-corrected chi connectivity index (χ0v) is 9.73. The van der Waals surface area contributed by atoms with E-state index >= 15 is 0 Å². The van der Waals surface area contributed by atoms with E-state index < -0.39 is 10.8 Å². The first kappa shape index (κ1) is 11.9. The smallest absolute Gasteiger partial charge is 0.271 e. The maximum absolute atomic E-state index is 11.2. The first-order valence-electron chi connectivity index (χ1n) is 4.82. The molecule has 0 radical (unpaired) electrons. The Morgan fingerprint density at radius 3 is 3.06 bits per heavy atom. The number of aromatic nitrogens is 1. The molecule has 0 aliphatic rings. The van der Waals surface area contributed by atoms with Crippen molar-refractivity contribution in [3.8, 4) is 6.07 Å². The van der Waals surface area contributed by atoms with Gasteiger partial charge in [0.15, 0.2) is 5.13 Å². The molecule has 18 heavy (non-hydrogen) atoms. The van der Waals surface area contributed by atoms with Gasteiger partial charge in [-0.15, -0.1) is 0 Å². The minimum atomic E-state index is -0.507. The molecule has 1 aromatic heterocycles. The van der Waals surface area contributed by atoms with Crippen LogP contribution in [0.1, 0.15) is 6.42 Å². The Morgan fingerprint density at radius 2 is 2.39 bits per heavy atom. The van der Waals surface area contributed by atoms with E-state index in [4.69, 9.17) is 5.26 Å². The lowest BCUT2D eigenvalue weighted by Crippen LogP contribution is -2.09. The zero-order valence-electron chi connectivity index (χ0n) is 8.91. The van der Waals surface area contributed by atoms with Gasteiger partial charge in [0.05, 0.1) is 21.2 Å². The van der Waals surface area contributed by atoms with Crippen LogP contribution in [-0.4, -0.2) is 15.8 Å². The average molecular weight is 262 g/mol. The predicted molar refractivity (Wildman–Crippen MR) is 65.1 cm³/mol. The van der Waals surface area contributed by atoms with Gasteiger partial charge < -0.3 is 5.32 Å². The molecule has 8 heteroatoms. The molecule has 0 aliphatic carbocycles. The van der Waals surface area contributed by atoms with Gasteiger partial charge in [-0.3, -0.25) is 14.9 Å². The summed E-state index contributed by atoms with van der Waals surface area (Å²) in [7, 11) is 0. The second kappa shape index (κ2) is 4.77. The number of rotatable bonds is 3. The largest absolute Gasteiger partial charge is 0.301 e. The number of nitrogens with one attached hydrogen (secondary N) is 1. The Hall–Kier alpha value is -2.53. The predicted octanol–water partition coefficient (Wildman–Crippen LogP) is 2.06. The number of nitro groups is 1. The highest BCUT2D eigenvalue weighted by Crippen LogP contribution is 2.28. The number of thiazole rings is 1. The number of amides is 1. The Bertz CT molecular complexity index is 673. The van der Waals surface area contributed by atoms with E-state index in [2.05, 4.69) is 10.3 Å². The molecule has 7 nitrogen and oxygen atoms in total. The number of nitrogens with zero attached hydrogens (tertiary/aromatic N) is 3. The van der Waals surface area contributed by atoms with Crippen LogP contribution in [-0.2, 0) is 4.79 Å². The van der Waals surface area contributed by atoms with E-state index in [0.29, 0.717) is 10.6 Å². The van der Waals surface area contributed by atoms with Crippen LogP contribution in [0.4, 0.5) is 10.8 Å². The van der Waals surface area contributed by atoms with Crippen LogP contribution in [0.15, 0.2) is 18.2 Å². The monoisotopic (exact) mass is 262 g/mol. The molecule has 0 bridgehead atoms. The van der Waals surface area contributed by atoms with Crippen LogP contribution in [0.5, 0.6) is 0 Å². The van der Waals surface area contributed by atoms with E-state index in [-0.39, 0.29) is 12.1 Å². The Morgan fingerprint density at radius 1 is 1.61 bits per heavy atom. The standard InChI is InChI=1S/C10H6N4O3S/c11-4-3-9(15)13-10-12-7-5-6(14(16)17)1-2-8(7)18-10/h1-2,5H,3H2,(H,12,13,15). The summed E-state index contributed by atoms with van der Waals surface area (Å²) >= 11 is 1.20. The fraction of sp³-hybridized carbons (Fsp3) is 0.100. The molecule has 0 unspecified atom stereocenters. The van der Waals surface area contributed by atoms with Crippen LogP contribution in [0.2, 0.25) is 0 Å². The third kappa shape index (κ3) is 2.41. The summed E-state index contributed by atoms with van der Waals surface area (Å²) in [5, 5.41) is 21.7. The van der Waals surface area contributed by atoms with E-state index in [1.54, 1.807) is 12.1 Å². The van der Waals surface area contributed by atoms with Crippen LogP contribution < -0.4 is 5.32 Å². The lowest BCUT2D eigenvalue weighted by Gasteiger charge is -1.94. The number of carbonyl (C=O) groups excluding carboxylic acids is 1. The average Bonchev–Trinajstić information content (AvgIpc) is 2.69. The molecule has 1 amide bonds. The van der Waals surface area contributed by atoms with Gasteiger partial charge in [0, 0.05) is 12.1 Å². The number of carbonyl (C=O) groups is 1. The number of non-ortho nitro benzene ring substituents is 1. The van der Waals surface area contributed by atoms with Crippen LogP contribution in [0, 0.1) is 21.4 Å². The molecule has 0 saturated heterocycles. The van der Waals surface area contributed by atoms with E-state index in [1.165, 1.54) is 23.5 Å². The van der Waals surface area contributed by atoms with Crippen molar-refractivity contribution in [2.75, 3.05) is 5.32 Å². The molecule has 0 spiro atoms. The van der Waals surface area contributed by atoms with E-state index in [0.717, 1.165) is 4.70 Å². The topological polar surface area (TPSA) is 109 Å². The highest BCUT2D eigenvalue weighted by atomic mass is 32.1. The lowest BCUT2D eigenvalue weighted by molar-refractivity contribution is -0.384. The lowest BCUT2D eigenvalue weighted by atomic mass is 10.3. The van der Waals surface area contributed by atoms with Gasteiger partial charge >= 0.3 is 0 Å². The van der Waals surface area contributed by atoms with Crippen molar-refractivity contribution in [3.63, 3.8) is 0 Å². The summed E-state index contributed by atoms with van der Waals surface area (Å²) in [5.41, 5.74) is 0.393. The van der Waals surface area contributed by atoms with Crippen LogP contribution in [0.25, 0.3) is 10.2 Å². The van der Waals surface area contributed by atoms with Gasteiger partial charge in [0.2, 0.25) is 5.91 Å². The number of benzene rings is 1. The molecule has 1 heterocycles. The number of hydrogen-bond donors (Lipinski definition) is 1. The second-order valence-corrected chi connectivity index (χ2v) is 4.34. The molecular formula is C10H6N4O3S. The van der Waals surface area contributed by atoms with Crippen molar-refractivity contribution in [1.82, 2.24) is 4.98 Å². The SMILES string of the molecule is N#CCC(=O)Nc1nc2cc([N+](=O)[O-])ccc2s1. The molecular weight excluding hydrogens is 256 g/mol. The highest BCUT2D eigenvalue weighted by Gasteiger charge is 2.11. The fourth-order valence-electron chi connectivity index (χ4n) is 1.32. The number of nitriles is 1. The number of nitro benzene ring substituents is 1. The van der Waals surface area contributed by atoms with Gasteiger partial charge in [0.25, 0.3) is 5.69 Å². The maximum atomic E-state index is 11.2. The van der Waals surface area contributed by atoms with Gasteiger partial charge in [-0.2, -0.15) is 5.26 Å². The second-order valence-electron chi connectivity index (χ2n) is 3.31. The normalized spacial score (nSPS) is 9.94. The summed E-state index contributed by atoms with van der Waals surface area (Å²) < 4.78 is 0.729. The molecule has 90 valence electrons. The van der Waals surface area contributed by atoms with Crippen LogP contribution >= 0.6 is 11.3 Å². The summed E-state index contributed by atoms with van der Waals surface area (Å²) in [4.78, 5) is 25.3. The van der Waals surface area contributed by atoms with Crippen LogP contribution in [0.3, 0.4) is 0 Å². The van der Waals surface area contributed by atoms with E-state index in [1.807, 2.05) is 0 Å². The van der Waals surface area contributed by atoms with Crippen molar-refractivity contribution in [3.05, 3.63) is 28.3 Å². The summed E-state index contributed by atoms with van der Waals surface area (Å²) in [6, 6.07) is 6.01. The first-order valence-corrected chi connectivity index (χ1v) is 5.63. The molecule has 1 N–H and O–H groups in total. The Balaban J connectivity index is 2.30. The fourth-order valence-corrected chi connectivity index (χ4v) is 2.18. The quantitative estimate of drug-likeness (QED) is 0.672. The van der Waals surface area contributed by atoms with Gasteiger partial charge in [-0.25, -0.2) is 4.98 Å². The van der Waals surface area contributed by atoms with Crippen molar-refractivity contribution >= 4 is 38.3 Å². The van der Waals surface area contributed by atoms with Crippen molar-refractivity contribution < 1.29 is 9.72 Å². The Labute approximate surface area is 105 Å². The number of hydrogen-bond acceptors (Lipinski definition) is 6. The number of fused-ring (bicyclic) bond motifs is 1. The molecule has 0 fully saturated rings. The first-order chi connectivity index (χ1) is 8.60. The van der Waals surface area contributed by atoms with Crippen molar-refractivity contribution in [1.29, 1.82) is 5.26 Å². The number of anilines is 1. The zero-order chi connectivity index (χ0) is 13.1. The molecule has 2 rings (SSSR count). The minimum absolute atomic E-state index is 0.0531.